The van der Waals surface area contributed by atoms with Gasteiger partial charge >= 0.3 is 0 Å². The first-order chi connectivity index (χ1) is 10.0. The molecule has 2 aromatic carbocycles. The number of fused-ring (bicyclic) bond motifs is 1. The van der Waals surface area contributed by atoms with Gasteiger partial charge in [-0.05, 0) is 52.4 Å². The van der Waals surface area contributed by atoms with Gasteiger partial charge in [0.05, 0.1) is 26.8 Å². The van der Waals surface area contributed by atoms with E-state index in [-0.39, 0.29) is 0 Å². The number of nitriles is 1. The quantitative estimate of drug-likeness (QED) is 0.594. The minimum Gasteiger partial charge on any atom is -0.330 e. The van der Waals surface area contributed by atoms with Crippen LogP contribution in [-0.2, 0) is 0 Å². The average molecular weight is 383 g/mol. The molecule has 1 heterocycles. The Bertz CT molecular complexity index is 971. The van der Waals surface area contributed by atoms with Crippen molar-refractivity contribution in [3.8, 4) is 11.8 Å². The summed E-state index contributed by atoms with van der Waals surface area (Å²) >= 11 is 14.5. The van der Waals surface area contributed by atoms with Gasteiger partial charge in [0.2, 0.25) is 0 Å². The topological polar surface area (TPSA) is 44.5 Å². The second kappa shape index (κ2) is 5.26. The van der Waals surface area contributed by atoms with Gasteiger partial charge in [0.15, 0.2) is 4.77 Å². The predicted octanol–water partition coefficient (Wildman–Crippen LogP) is 5.11. The Kier molecular flexibility index (Phi) is 3.57. The summed E-state index contributed by atoms with van der Waals surface area (Å²) in [6, 6.07) is 9.97. The Morgan fingerprint density at radius 2 is 2.10 bits per heavy atom. The third-order valence-electron chi connectivity index (χ3n) is 3.05. The fraction of sp³-hybridized carbons (Fsp3) is 0. The first kappa shape index (κ1) is 14.3. The van der Waals surface area contributed by atoms with Gasteiger partial charge in [0.25, 0.3) is 0 Å². The second-order valence-electron chi connectivity index (χ2n) is 4.32. The van der Waals surface area contributed by atoms with Gasteiger partial charge < -0.3 is 4.98 Å². The van der Waals surface area contributed by atoms with Crippen molar-refractivity contribution in [3.63, 3.8) is 0 Å². The zero-order chi connectivity index (χ0) is 15.1. The van der Waals surface area contributed by atoms with Crippen LogP contribution in [0.4, 0.5) is 4.39 Å². The number of hydrogen-bond donors (Lipinski definition) is 1. The molecule has 0 aliphatic rings. The van der Waals surface area contributed by atoms with Crippen LogP contribution in [0.3, 0.4) is 0 Å². The lowest BCUT2D eigenvalue weighted by atomic mass is 10.2. The molecule has 0 amide bonds. The number of aromatic nitrogens is 2. The zero-order valence-corrected chi connectivity index (χ0v) is 13.5. The van der Waals surface area contributed by atoms with Gasteiger partial charge in [-0.25, -0.2) is 4.39 Å². The number of H-pyrrole nitrogens is 1. The van der Waals surface area contributed by atoms with Gasteiger partial charge in [-0.2, -0.15) is 5.26 Å². The summed E-state index contributed by atoms with van der Waals surface area (Å²) in [5.74, 6) is -0.391. The molecule has 0 saturated heterocycles. The Labute approximate surface area is 137 Å². The molecule has 0 saturated carbocycles. The third-order valence-corrected chi connectivity index (χ3v) is 4.17. The largest absolute Gasteiger partial charge is 0.330 e. The van der Waals surface area contributed by atoms with Crippen LogP contribution >= 0.6 is 39.7 Å². The third kappa shape index (κ3) is 2.38. The molecular weight excluding hydrogens is 377 g/mol. The number of aromatic amines is 1. The van der Waals surface area contributed by atoms with Crippen molar-refractivity contribution < 1.29 is 4.39 Å². The molecule has 0 bridgehead atoms. The fourth-order valence-corrected chi connectivity index (χ4v) is 2.93. The van der Waals surface area contributed by atoms with E-state index in [2.05, 4.69) is 27.0 Å². The van der Waals surface area contributed by atoms with Crippen LogP contribution in [0, 0.1) is 21.9 Å². The lowest BCUT2D eigenvalue weighted by molar-refractivity contribution is 0.623. The molecule has 0 fully saturated rings. The van der Waals surface area contributed by atoms with E-state index >= 15 is 0 Å². The molecule has 3 aromatic rings. The zero-order valence-electron chi connectivity index (χ0n) is 10.3. The van der Waals surface area contributed by atoms with E-state index in [0.717, 1.165) is 0 Å². The van der Waals surface area contributed by atoms with Gasteiger partial charge in [-0.1, -0.05) is 11.6 Å². The predicted molar refractivity (Wildman–Crippen MR) is 85.8 cm³/mol. The maximum atomic E-state index is 13.6. The van der Waals surface area contributed by atoms with Crippen molar-refractivity contribution in [3.05, 3.63) is 56.0 Å². The first-order valence-corrected chi connectivity index (χ1v) is 7.39. The summed E-state index contributed by atoms with van der Waals surface area (Å²) in [5, 5.41) is 9.74. The highest BCUT2D eigenvalue weighted by atomic mass is 79.9. The number of benzene rings is 2. The molecule has 104 valence electrons. The van der Waals surface area contributed by atoms with Crippen LogP contribution in [0.1, 0.15) is 5.56 Å². The molecule has 21 heavy (non-hydrogen) atoms. The highest BCUT2D eigenvalue weighted by molar-refractivity contribution is 9.10. The van der Waals surface area contributed by atoms with Crippen LogP contribution in [0.5, 0.6) is 0 Å². The molecule has 0 radical (unpaired) electrons. The molecule has 1 aromatic heterocycles. The number of rotatable bonds is 1. The highest BCUT2D eigenvalue weighted by Crippen LogP contribution is 2.28. The van der Waals surface area contributed by atoms with E-state index in [1.807, 2.05) is 0 Å². The Morgan fingerprint density at radius 3 is 2.81 bits per heavy atom. The monoisotopic (exact) mass is 381 g/mol. The maximum absolute atomic E-state index is 13.6. The smallest absolute Gasteiger partial charge is 0.182 e. The van der Waals surface area contributed by atoms with E-state index in [0.29, 0.717) is 36.6 Å². The van der Waals surface area contributed by atoms with Gasteiger partial charge in [0.1, 0.15) is 11.9 Å². The number of halogens is 3. The van der Waals surface area contributed by atoms with Gasteiger partial charge in [0, 0.05) is 11.1 Å². The Hall–Kier alpha value is -1.68. The summed E-state index contributed by atoms with van der Waals surface area (Å²) in [6.07, 6.45) is 0. The van der Waals surface area contributed by atoms with E-state index in [4.69, 9.17) is 23.8 Å². The van der Waals surface area contributed by atoms with Crippen molar-refractivity contribution in [1.29, 1.82) is 5.26 Å². The summed E-state index contributed by atoms with van der Waals surface area (Å²) in [4.78, 5) is 2.93. The second-order valence-corrected chi connectivity index (χ2v) is 6.00. The van der Waals surface area contributed by atoms with Crippen molar-refractivity contribution in [2.75, 3.05) is 0 Å². The van der Waals surface area contributed by atoms with Crippen molar-refractivity contribution in [1.82, 2.24) is 9.55 Å². The molecule has 3 nitrogen and oxygen atoms in total. The van der Waals surface area contributed by atoms with Crippen molar-refractivity contribution in [2.45, 2.75) is 0 Å². The fourth-order valence-electron chi connectivity index (χ4n) is 2.13. The molecule has 3 rings (SSSR count). The minimum atomic E-state index is -0.391. The number of nitrogens with zero attached hydrogens (tertiary/aromatic N) is 2. The molecule has 0 aliphatic heterocycles. The molecule has 0 atom stereocenters. The van der Waals surface area contributed by atoms with Crippen LogP contribution in [0.15, 0.2) is 34.8 Å². The SMILES string of the molecule is N#Cc1ccc(Cl)cc1-n1c(=S)[nH]c2cc(F)c(Br)cc21. The minimum absolute atomic E-state index is 0.318. The summed E-state index contributed by atoms with van der Waals surface area (Å²) in [5.41, 5.74) is 2.19. The molecular formula is C14H6BrClFN3S. The number of hydrogen-bond acceptors (Lipinski definition) is 2. The van der Waals surface area contributed by atoms with E-state index < -0.39 is 5.82 Å². The average Bonchev–Trinajstić information content (AvgIpc) is 2.74. The van der Waals surface area contributed by atoms with E-state index in [1.54, 1.807) is 28.8 Å². The maximum Gasteiger partial charge on any atom is 0.182 e. The number of imidazole rings is 1. The summed E-state index contributed by atoms with van der Waals surface area (Å²) in [7, 11) is 0. The van der Waals surface area contributed by atoms with Crippen LogP contribution in [0.2, 0.25) is 5.02 Å². The molecule has 0 spiro atoms. The van der Waals surface area contributed by atoms with Gasteiger partial charge in [-0.3, -0.25) is 4.57 Å². The highest BCUT2D eigenvalue weighted by Gasteiger charge is 2.13. The van der Waals surface area contributed by atoms with Crippen molar-refractivity contribution >= 4 is 50.8 Å². The lowest BCUT2D eigenvalue weighted by Gasteiger charge is -2.08. The van der Waals surface area contributed by atoms with E-state index in [1.165, 1.54) is 6.07 Å². The van der Waals surface area contributed by atoms with Crippen LogP contribution in [-0.4, -0.2) is 9.55 Å². The van der Waals surface area contributed by atoms with Crippen LogP contribution in [0.25, 0.3) is 16.7 Å². The van der Waals surface area contributed by atoms with Crippen molar-refractivity contribution in [2.24, 2.45) is 0 Å². The standard InChI is InChI=1S/C14H6BrClFN3S/c15-9-4-13-11(5-10(9)17)19-14(21)20(13)12-3-8(16)2-1-7(12)6-18/h1-5H,(H,19,21). The van der Waals surface area contributed by atoms with Gasteiger partial charge in [-0.15, -0.1) is 0 Å². The molecule has 0 unspecified atom stereocenters. The molecule has 1 N–H and O–H groups in total. The van der Waals surface area contributed by atoms with Crippen LogP contribution < -0.4 is 0 Å². The molecule has 0 aliphatic carbocycles. The molecule has 7 heteroatoms. The first-order valence-electron chi connectivity index (χ1n) is 5.81. The lowest BCUT2D eigenvalue weighted by Crippen LogP contribution is -1.98. The Balaban J connectivity index is 2.44. The number of nitrogens with one attached hydrogen (secondary N) is 1. The summed E-state index contributed by atoms with van der Waals surface area (Å²) < 4.78 is 16.0. The Morgan fingerprint density at radius 1 is 1.33 bits per heavy atom. The van der Waals surface area contributed by atoms with E-state index in [9.17, 15) is 9.65 Å². The normalized spacial score (nSPS) is 10.8. The summed E-state index contributed by atoms with van der Waals surface area (Å²) in [6.45, 7) is 0.